The van der Waals surface area contributed by atoms with Gasteiger partial charge in [-0.1, -0.05) is 25.1 Å². The summed E-state index contributed by atoms with van der Waals surface area (Å²) in [7, 11) is 0. The van der Waals surface area contributed by atoms with Crippen molar-refractivity contribution < 1.29 is 0 Å². The van der Waals surface area contributed by atoms with Gasteiger partial charge in [0.05, 0.1) is 0 Å². The van der Waals surface area contributed by atoms with E-state index in [2.05, 4.69) is 60.1 Å². The number of anilines is 1. The standard InChI is InChI=1S/C18H25N3/c1-3-17(19)13-16-7-5-6-8-18(16)21(4-2)14-15-9-11-20-12-10-15/h5-12,17H,3-4,13-14,19H2,1-2H3. The predicted octanol–water partition coefficient (Wildman–Crippen LogP) is 3.39. The van der Waals surface area contributed by atoms with Gasteiger partial charge < -0.3 is 10.6 Å². The van der Waals surface area contributed by atoms with Crippen LogP contribution in [-0.4, -0.2) is 17.6 Å². The van der Waals surface area contributed by atoms with Crippen LogP contribution in [0.4, 0.5) is 5.69 Å². The number of nitrogens with zero attached hydrogens (tertiary/aromatic N) is 2. The van der Waals surface area contributed by atoms with E-state index in [0.717, 1.165) is 25.9 Å². The van der Waals surface area contributed by atoms with Crippen molar-refractivity contribution >= 4 is 5.69 Å². The first-order valence-corrected chi connectivity index (χ1v) is 7.71. The van der Waals surface area contributed by atoms with E-state index in [1.165, 1.54) is 16.8 Å². The number of benzene rings is 1. The van der Waals surface area contributed by atoms with Crippen molar-refractivity contribution in [1.29, 1.82) is 0 Å². The summed E-state index contributed by atoms with van der Waals surface area (Å²) in [6.45, 7) is 6.21. The lowest BCUT2D eigenvalue weighted by Gasteiger charge is -2.26. The van der Waals surface area contributed by atoms with Crippen LogP contribution in [-0.2, 0) is 13.0 Å². The summed E-state index contributed by atoms with van der Waals surface area (Å²) >= 11 is 0. The first kappa shape index (κ1) is 15.5. The minimum absolute atomic E-state index is 0.228. The third-order valence-corrected chi connectivity index (χ3v) is 3.84. The van der Waals surface area contributed by atoms with E-state index in [1.54, 1.807) is 0 Å². The zero-order valence-corrected chi connectivity index (χ0v) is 13.0. The summed E-state index contributed by atoms with van der Waals surface area (Å²) in [4.78, 5) is 6.48. The smallest absolute Gasteiger partial charge is 0.0430 e. The highest BCUT2D eigenvalue weighted by atomic mass is 15.1. The fraction of sp³-hybridized carbons (Fsp3) is 0.389. The number of nitrogens with two attached hydrogens (primary N) is 1. The van der Waals surface area contributed by atoms with E-state index in [4.69, 9.17) is 5.73 Å². The summed E-state index contributed by atoms with van der Waals surface area (Å²) in [6, 6.07) is 13.0. The molecule has 3 nitrogen and oxygen atoms in total. The molecule has 0 radical (unpaired) electrons. The predicted molar refractivity (Wildman–Crippen MR) is 89.4 cm³/mol. The zero-order valence-electron chi connectivity index (χ0n) is 13.0. The Morgan fingerprint density at radius 2 is 1.81 bits per heavy atom. The van der Waals surface area contributed by atoms with E-state index >= 15 is 0 Å². The third kappa shape index (κ3) is 4.30. The Hall–Kier alpha value is -1.87. The van der Waals surface area contributed by atoms with Crippen LogP contribution >= 0.6 is 0 Å². The van der Waals surface area contributed by atoms with Crippen molar-refractivity contribution in [2.24, 2.45) is 5.73 Å². The topological polar surface area (TPSA) is 42.1 Å². The molecule has 1 aromatic carbocycles. The molecule has 0 saturated heterocycles. The lowest BCUT2D eigenvalue weighted by Crippen LogP contribution is -2.26. The summed E-state index contributed by atoms with van der Waals surface area (Å²) in [5.74, 6) is 0. The molecule has 21 heavy (non-hydrogen) atoms. The average molecular weight is 283 g/mol. The molecule has 1 heterocycles. The number of hydrogen-bond acceptors (Lipinski definition) is 3. The van der Waals surface area contributed by atoms with Crippen LogP contribution in [0.15, 0.2) is 48.8 Å². The Kier molecular flexibility index (Phi) is 5.76. The van der Waals surface area contributed by atoms with E-state index < -0.39 is 0 Å². The molecule has 0 aliphatic heterocycles. The van der Waals surface area contributed by atoms with Crippen LogP contribution in [0.2, 0.25) is 0 Å². The molecule has 1 unspecified atom stereocenters. The van der Waals surface area contributed by atoms with Gasteiger partial charge in [0.15, 0.2) is 0 Å². The van der Waals surface area contributed by atoms with Crippen LogP contribution in [0.5, 0.6) is 0 Å². The lowest BCUT2D eigenvalue weighted by molar-refractivity contribution is 0.644. The Labute approximate surface area is 127 Å². The molecule has 0 saturated carbocycles. The van der Waals surface area contributed by atoms with Gasteiger partial charge in [-0.3, -0.25) is 4.98 Å². The highest BCUT2D eigenvalue weighted by molar-refractivity contribution is 5.54. The van der Waals surface area contributed by atoms with Gasteiger partial charge in [0.25, 0.3) is 0 Å². The third-order valence-electron chi connectivity index (χ3n) is 3.84. The van der Waals surface area contributed by atoms with Gasteiger partial charge in [-0.2, -0.15) is 0 Å². The van der Waals surface area contributed by atoms with Gasteiger partial charge in [0.2, 0.25) is 0 Å². The monoisotopic (exact) mass is 283 g/mol. The van der Waals surface area contributed by atoms with Crippen molar-refractivity contribution in [1.82, 2.24) is 4.98 Å². The van der Waals surface area contributed by atoms with E-state index in [9.17, 15) is 0 Å². The van der Waals surface area contributed by atoms with Crippen LogP contribution in [0.25, 0.3) is 0 Å². The number of pyridine rings is 1. The minimum atomic E-state index is 0.228. The lowest BCUT2D eigenvalue weighted by atomic mass is 10.0. The van der Waals surface area contributed by atoms with Gasteiger partial charge in [-0.05, 0) is 49.1 Å². The molecule has 3 heteroatoms. The molecule has 0 fully saturated rings. The van der Waals surface area contributed by atoms with Gasteiger partial charge in [0.1, 0.15) is 0 Å². The Morgan fingerprint density at radius 3 is 2.48 bits per heavy atom. The Bertz CT molecular complexity index is 539. The maximum Gasteiger partial charge on any atom is 0.0430 e. The van der Waals surface area contributed by atoms with Crippen LogP contribution in [0, 0.1) is 0 Å². The molecular formula is C18H25N3. The Balaban J connectivity index is 2.21. The van der Waals surface area contributed by atoms with Gasteiger partial charge >= 0.3 is 0 Å². The zero-order chi connectivity index (χ0) is 15.1. The molecule has 0 aliphatic carbocycles. The summed E-state index contributed by atoms with van der Waals surface area (Å²) in [5.41, 5.74) is 10.0. The highest BCUT2D eigenvalue weighted by Crippen LogP contribution is 2.23. The molecule has 2 aromatic rings. The van der Waals surface area contributed by atoms with Crippen molar-refractivity contribution in [3.05, 3.63) is 59.9 Å². The van der Waals surface area contributed by atoms with E-state index in [0.29, 0.717) is 0 Å². The summed E-state index contributed by atoms with van der Waals surface area (Å²) < 4.78 is 0. The fourth-order valence-corrected chi connectivity index (χ4v) is 2.49. The maximum atomic E-state index is 6.14. The minimum Gasteiger partial charge on any atom is -0.367 e. The van der Waals surface area contributed by atoms with Gasteiger partial charge in [-0.15, -0.1) is 0 Å². The molecule has 0 bridgehead atoms. The van der Waals surface area contributed by atoms with Gasteiger partial charge in [0, 0.05) is 37.2 Å². The van der Waals surface area contributed by atoms with Crippen LogP contribution in [0.1, 0.15) is 31.4 Å². The Morgan fingerprint density at radius 1 is 1.10 bits per heavy atom. The average Bonchev–Trinajstić information content (AvgIpc) is 2.54. The van der Waals surface area contributed by atoms with Crippen molar-refractivity contribution in [3.8, 4) is 0 Å². The number of para-hydroxylation sites is 1. The molecule has 0 spiro atoms. The number of rotatable bonds is 7. The SMILES string of the molecule is CCC(N)Cc1ccccc1N(CC)Cc1ccncc1. The van der Waals surface area contributed by atoms with Crippen molar-refractivity contribution in [2.75, 3.05) is 11.4 Å². The molecule has 2 rings (SSSR count). The second-order valence-corrected chi connectivity index (χ2v) is 5.37. The molecule has 2 N–H and O–H groups in total. The molecular weight excluding hydrogens is 258 g/mol. The molecule has 1 atom stereocenters. The normalized spacial score (nSPS) is 12.1. The second kappa shape index (κ2) is 7.79. The highest BCUT2D eigenvalue weighted by Gasteiger charge is 2.12. The first-order valence-electron chi connectivity index (χ1n) is 7.71. The van der Waals surface area contributed by atoms with Crippen LogP contribution in [0.3, 0.4) is 0 Å². The second-order valence-electron chi connectivity index (χ2n) is 5.37. The summed E-state index contributed by atoms with van der Waals surface area (Å²) in [6.07, 6.45) is 5.63. The quantitative estimate of drug-likeness (QED) is 0.847. The fourth-order valence-electron chi connectivity index (χ4n) is 2.49. The molecule has 0 aliphatic rings. The van der Waals surface area contributed by atoms with E-state index in [1.807, 2.05) is 12.4 Å². The largest absolute Gasteiger partial charge is 0.367 e. The number of hydrogen-bond donors (Lipinski definition) is 1. The molecule has 1 aromatic heterocycles. The summed E-state index contributed by atoms with van der Waals surface area (Å²) in [5, 5.41) is 0. The number of aromatic nitrogens is 1. The van der Waals surface area contributed by atoms with Gasteiger partial charge in [-0.25, -0.2) is 0 Å². The van der Waals surface area contributed by atoms with Crippen LogP contribution < -0.4 is 10.6 Å². The molecule has 0 amide bonds. The van der Waals surface area contributed by atoms with Crippen molar-refractivity contribution in [3.63, 3.8) is 0 Å². The maximum absolute atomic E-state index is 6.14. The van der Waals surface area contributed by atoms with Crippen molar-refractivity contribution in [2.45, 2.75) is 39.3 Å². The van der Waals surface area contributed by atoms with E-state index in [-0.39, 0.29) is 6.04 Å². The molecule has 112 valence electrons. The first-order chi connectivity index (χ1) is 10.2.